The van der Waals surface area contributed by atoms with Gasteiger partial charge in [-0.05, 0) is 33.7 Å². The van der Waals surface area contributed by atoms with Crippen LogP contribution in [0.2, 0.25) is 0 Å². The highest BCUT2D eigenvalue weighted by Crippen LogP contribution is 2.25. The van der Waals surface area contributed by atoms with Crippen molar-refractivity contribution in [2.45, 2.75) is 38.8 Å². The van der Waals surface area contributed by atoms with Crippen molar-refractivity contribution in [1.82, 2.24) is 4.90 Å². The molecule has 0 amide bonds. The van der Waals surface area contributed by atoms with Crippen LogP contribution in [0.5, 0.6) is 0 Å². The Balaban J connectivity index is 2.61. The summed E-state index contributed by atoms with van der Waals surface area (Å²) in [6, 6.07) is 3.44. The molecule has 0 spiro atoms. The van der Waals surface area contributed by atoms with E-state index in [9.17, 15) is 0 Å². The molecule has 0 aromatic rings. The Kier molecular flexibility index (Phi) is 2.51. The number of hydrogen-bond acceptors (Lipinski definition) is 2. The van der Waals surface area contributed by atoms with Gasteiger partial charge >= 0.3 is 0 Å². The Morgan fingerprint density at radius 2 is 2.00 bits per heavy atom. The standard InChI is InChI=1S/C9H16N2/c1-7-4-5-9(6-10)8(2)11(7)3/h7-9H,4-5H2,1-3H3. The van der Waals surface area contributed by atoms with Crippen molar-refractivity contribution in [2.24, 2.45) is 5.92 Å². The molecule has 2 nitrogen and oxygen atoms in total. The summed E-state index contributed by atoms with van der Waals surface area (Å²) < 4.78 is 0. The van der Waals surface area contributed by atoms with E-state index in [2.05, 4.69) is 31.9 Å². The molecule has 0 aromatic heterocycles. The van der Waals surface area contributed by atoms with Gasteiger partial charge in [0.05, 0.1) is 12.0 Å². The topological polar surface area (TPSA) is 27.0 Å². The van der Waals surface area contributed by atoms with Crippen LogP contribution in [-0.4, -0.2) is 24.0 Å². The van der Waals surface area contributed by atoms with E-state index in [0.717, 1.165) is 6.42 Å². The largest absolute Gasteiger partial charge is 0.300 e. The van der Waals surface area contributed by atoms with Gasteiger partial charge in [-0.15, -0.1) is 0 Å². The molecule has 1 heterocycles. The van der Waals surface area contributed by atoms with Gasteiger partial charge in [0.1, 0.15) is 0 Å². The molecule has 62 valence electrons. The number of hydrogen-bond donors (Lipinski definition) is 0. The lowest BCUT2D eigenvalue weighted by atomic mass is 9.88. The van der Waals surface area contributed by atoms with Gasteiger partial charge in [-0.25, -0.2) is 0 Å². The van der Waals surface area contributed by atoms with Crippen molar-refractivity contribution in [1.29, 1.82) is 5.26 Å². The Bertz CT molecular complexity index is 171. The van der Waals surface area contributed by atoms with E-state index in [-0.39, 0.29) is 5.92 Å². The number of likely N-dealkylation sites (tertiary alicyclic amines) is 1. The van der Waals surface area contributed by atoms with Crippen LogP contribution in [0, 0.1) is 17.2 Å². The highest BCUT2D eigenvalue weighted by atomic mass is 15.2. The Labute approximate surface area is 68.8 Å². The van der Waals surface area contributed by atoms with Gasteiger partial charge in [-0.1, -0.05) is 0 Å². The zero-order valence-electron chi connectivity index (χ0n) is 7.54. The maximum atomic E-state index is 8.79. The molecule has 0 saturated carbocycles. The first-order chi connectivity index (χ1) is 5.16. The monoisotopic (exact) mass is 152 g/mol. The lowest BCUT2D eigenvalue weighted by molar-refractivity contribution is 0.108. The van der Waals surface area contributed by atoms with Crippen molar-refractivity contribution in [3.05, 3.63) is 0 Å². The fourth-order valence-corrected chi connectivity index (χ4v) is 1.72. The zero-order chi connectivity index (χ0) is 8.43. The SMILES string of the molecule is CC1CCC(C#N)C(C)N1C. The second kappa shape index (κ2) is 3.23. The van der Waals surface area contributed by atoms with Crippen LogP contribution in [0.4, 0.5) is 0 Å². The van der Waals surface area contributed by atoms with E-state index in [4.69, 9.17) is 5.26 Å². The Morgan fingerprint density at radius 1 is 1.36 bits per heavy atom. The summed E-state index contributed by atoms with van der Waals surface area (Å²) in [6.45, 7) is 4.37. The fraction of sp³-hybridized carbons (Fsp3) is 0.889. The van der Waals surface area contributed by atoms with Crippen LogP contribution in [-0.2, 0) is 0 Å². The maximum absolute atomic E-state index is 8.79. The first kappa shape index (κ1) is 8.55. The van der Waals surface area contributed by atoms with Crippen LogP contribution in [0.25, 0.3) is 0 Å². The van der Waals surface area contributed by atoms with Crippen molar-refractivity contribution < 1.29 is 0 Å². The van der Waals surface area contributed by atoms with E-state index in [1.807, 2.05) is 0 Å². The highest BCUT2D eigenvalue weighted by molar-refractivity contribution is 4.95. The molecule has 2 heteroatoms. The number of piperidine rings is 1. The Morgan fingerprint density at radius 3 is 2.55 bits per heavy atom. The second-order valence-corrected chi connectivity index (χ2v) is 3.57. The third-order valence-electron chi connectivity index (χ3n) is 2.98. The van der Waals surface area contributed by atoms with Gasteiger partial charge < -0.3 is 0 Å². The first-order valence-electron chi connectivity index (χ1n) is 4.28. The normalized spacial score (nSPS) is 40.0. The van der Waals surface area contributed by atoms with Gasteiger partial charge in [0, 0.05) is 12.1 Å². The average Bonchev–Trinajstić information content (AvgIpc) is 2.01. The van der Waals surface area contributed by atoms with E-state index in [0.29, 0.717) is 12.1 Å². The summed E-state index contributed by atoms with van der Waals surface area (Å²) in [5.41, 5.74) is 0. The molecule has 0 aliphatic carbocycles. The lowest BCUT2D eigenvalue weighted by Crippen LogP contribution is -2.45. The van der Waals surface area contributed by atoms with E-state index in [1.165, 1.54) is 6.42 Å². The molecule has 1 fully saturated rings. The van der Waals surface area contributed by atoms with Crippen LogP contribution in [0.1, 0.15) is 26.7 Å². The number of nitrogens with zero attached hydrogens (tertiary/aromatic N) is 2. The Hall–Kier alpha value is -0.550. The summed E-state index contributed by atoms with van der Waals surface area (Å²) in [5.74, 6) is 0.246. The minimum absolute atomic E-state index is 0.246. The van der Waals surface area contributed by atoms with Gasteiger partial charge in [-0.3, -0.25) is 4.90 Å². The molecule has 11 heavy (non-hydrogen) atoms. The molecule has 0 N–H and O–H groups in total. The summed E-state index contributed by atoms with van der Waals surface area (Å²) in [5, 5.41) is 8.79. The first-order valence-corrected chi connectivity index (χ1v) is 4.28. The molecule has 3 atom stereocenters. The molecule has 1 rings (SSSR count). The molecule has 0 radical (unpaired) electrons. The maximum Gasteiger partial charge on any atom is 0.0672 e. The van der Waals surface area contributed by atoms with Crippen LogP contribution in [0.3, 0.4) is 0 Å². The molecular weight excluding hydrogens is 136 g/mol. The highest BCUT2D eigenvalue weighted by Gasteiger charge is 2.29. The van der Waals surface area contributed by atoms with Crippen molar-refractivity contribution in [3.63, 3.8) is 0 Å². The van der Waals surface area contributed by atoms with Gasteiger partial charge in [0.15, 0.2) is 0 Å². The van der Waals surface area contributed by atoms with Gasteiger partial charge in [0.2, 0.25) is 0 Å². The van der Waals surface area contributed by atoms with E-state index >= 15 is 0 Å². The summed E-state index contributed by atoms with van der Waals surface area (Å²) >= 11 is 0. The summed E-state index contributed by atoms with van der Waals surface area (Å²) in [6.07, 6.45) is 2.24. The van der Waals surface area contributed by atoms with Crippen LogP contribution < -0.4 is 0 Å². The molecule has 0 aromatic carbocycles. The number of rotatable bonds is 0. The van der Waals surface area contributed by atoms with E-state index < -0.39 is 0 Å². The quantitative estimate of drug-likeness (QED) is 0.527. The predicted octanol–water partition coefficient (Wildman–Crippen LogP) is 1.63. The fourth-order valence-electron chi connectivity index (χ4n) is 1.72. The molecular formula is C9H16N2. The third-order valence-corrected chi connectivity index (χ3v) is 2.98. The summed E-state index contributed by atoms with van der Waals surface area (Å²) in [7, 11) is 2.11. The average molecular weight is 152 g/mol. The third kappa shape index (κ3) is 1.54. The molecule has 1 aliphatic rings. The lowest BCUT2D eigenvalue weighted by Gasteiger charge is -2.38. The minimum atomic E-state index is 0.246. The van der Waals surface area contributed by atoms with Crippen molar-refractivity contribution >= 4 is 0 Å². The molecule has 0 bridgehead atoms. The second-order valence-electron chi connectivity index (χ2n) is 3.57. The molecule has 1 saturated heterocycles. The van der Waals surface area contributed by atoms with Crippen LogP contribution in [0.15, 0.2) is 0 Å². The van der Waals surface area contributed by atoms with Crippen LogP contribution >= 0.6 is 0 Å². The smallest absolute Gasteiger partial charge is 0.0672 e. The van der Waals surface area contributed by atoms with Crippen molar-refractivity contribution in [2.75, 3.05) is 7.05 Å². The van der Waals surface area contributed by atoms with Gasteiger partial charge in [0.25, 0.3) is 0 Å². The molecule has 3 unspecified atom stereocenters. The van der Waals surface area contributed by atoms with Gasteiger partial charge in [-0.2, -0.15) is 5.26 Å². The van der Waals surface area contributed by atoms with Crippen molar-refractivity contribution in [3.8, 4) is 6.07 Å². The van der Waals surface area contributed by atoms with E-state index in [1.54, 1.807) is 0 Å². The predicted molar refractivity (Wildman–Crippen MR) is 45.0 cm³/mol. The molecule has 1 aliphatic heterocycles. The zero-order valence-corrected chi connectivity index (χ0v) is 7.54. The number of nitriles is 1. The minimum Gasteiger partial charge on any atom is -0.300 e. The summed E-state index contributed by atoms with van der Waals surface area (Å²) in [4.78, 5) is 2.30.